The van der Waals surface area contributed by atoms with E-state index in [1.807, 2.05) is 42.5 Å². The highest BCUT2D eigenvalue weighted by atomic mass is 79.9. The molecule has 2 aromatic carbocycles. The van der Waals surface area contributed by atoms with Gasteiger partial charge in [0.25, 0.3) is 0 Å². The van der Waals surface area contributed by atoms with Crippen molar-refractivity contribution in [2.45, 2.75) is 16.8 Å². The Balaban J connectivity index is 2.16. The van der Waals surface area contributed by atoms with Gasteiger partial charge >= 0.3 is 11.9 Å². The number of halogens is 1. The van der Waals surface area contributed by atoms with Crippen LogP contribution in [-0.2, 0) is 9.59 Å². The molecule has 1 heterocycles. The van der Waals surface area contributed by atoms with Gasteiger partial charge in [-0.05, 0) is 36.5 Å². The Labute approximate surface area is 183 Å². The highest BCUT2D eigenvalue weighted by Gasteiger charge is 2.25. The minimum atomic E-state index is -1.24. The number of rotatable bonds is 7. The van der Waals surface area contributed by atoms with Gasteiger partial charge in [-0.3, -0.25) is 14.2 Å². The second-order valence-electron chi connectivity index (χ2n) is 5.83. The maximum Gasteiger partial charge on any atom is 0.317 e. The first kappa shape index (κ1) is 21.2. The van der Waals surface area contributed by atoms with Crippen LogP contribution in [0.15, 0.2) is 64.2 Å². The second-order valence-corrected chi connectivity index (χ2v) is 8.28. The predicted molar refractivity (Wildman–Crippen MR) is 115 cm³/mol. The fourth-order valence-corrected chi connectivity index (χ4v) is 4.08. The number of hydrogen-bond donors (Lipinski definition) is 2. The topological polar surface area (TPSA) is 105 Å². The molecule has 0 spiro atoms. The third kappa shape index (κ3) is 5.28. The van der Waals surface area contributed by atoms with Gasteiger partial charge in [0, 0.05) is 10.0 Å². The summed E-state index contributed by atoms with van der Waals surface area (Å²) in [6.07, 6.45) is -0.558. The first-order chi connectivity index (χ1) is 13.8. The lowest BCUT2D eigenvalue weighted by atomic mass is 10.2. The van der Waals surface area contributed by atoms with Gasteiger partial charge in [0.2, 0.25) is 4.77 Å². The van der Waals surface area contributed by atoms with Crippen molar-refractivity contribution in [1.82, 2.24) is 14.5 Å². The molecule has 29 heavy (non-hydrogen) atoms. The van der Waals surface area contributed by atoms with Crippen LogP contribution >= 0.6 is 39.9 Å². The highest BCUT2D eigenvalue weighted by molar-refractivity contribution is 9.10. The fourth-order valence-electron chi connectivity index (χ4n) is 2.46. The lowest BCUT2D eigenvalue weighted by Gasteiger charge is -2.16. The van der Waals surface area contributed by atoms with E-state index in [9.17, 15) is 14.7 Å². The summed E-state index contributed by atoms with van der Waals surface area (Å²) in [5.41, 5.74) is 1.35. The predicted octanol–water partition coefficient (Wildman–Crippen LogP) is 4.45. The molecule has 3 rings (SSSR count). The third-order valence-corrected chi connectivity index (χ3v) is 5.73. The van der Waals surface area contributed by atoms with E-state index in [0.717, 1.165) is 16.2 Å². The molecule has 0 amide bonds. The van der Waals surface area contributed by atoms with Gasteiger partial charge in [-0.1, -0.05) is 58.0 Å². The zero-order valence-electron chi connectivity index (χ0n) is 14.7. The number of aliphatic carboxylic acids is 2. The van der Waals surface area contributed by atoms with Crippen LogP contribution in [0.4, 0.5) is 0 Å². The maximum atomic E-state index is 11.6. The van der Waals surface area contributed by atoms with E-state index in [-0.39, 0.29) is 9.93 Å². The Bertz CT molecular complexity index is 1100. The summed E-state index contributed by atoms with van der Waals surface area (Å²) < 4.78 is 2.58. The molecule has 0 aliphatic carbocycles. The molecule has 148 valence electrons. The van der Waals surface area contributed by atoms with Gasteiger partial charge in [0.1, 0.15) is 5.25 Å². The Hall–Kier alpha value is -2.56. The number of carbonyl (C=O) groups is 2. The molecule has 0 radical (unpaired) electrons. The van der Waals surface area contributed by atoms with Crippen molar-refractivity contribution in [3.8, 4) is 17.1 Å². The Morgan fingerprint density at radius 3 is 2.31 bits per heavy atom. The minimum Gasteiger partial charge on any atom is -0.481 e. The van der Waals surface area contributed by atoms with Crippen molar-refractivity contribution in [2.24, 2.45) is 0 Å². The number of nitrogens with zero attached hydrogens (tertiary/aromatic N) is 3. The average molecular weight is 492 g/mol. The number of hydrogen-bond acceptors (Lipinski definition) is 6. The molecule has 2 N–H and O–H groups in total. The molecule has 0 fully saturated rings. The fraction of sp³-hybridized carbons (Fsp3) is 0.105. The first-order valence-electron chi connectivity index (χ1n) is 8.29. The van der Waals surface area contributed by atoms with Crippen LogP contribution in [0, 0.1) is 4.77 Å². The van der Waals surface area contributed by atoms with E-state index in [4.69, 9.17) is 17.3 Å². The number of carboxylic acids is 2. The first-order valence-corrected chi connectivity index (χ1v) is 10.4. The molecule has 7 nitrogen and oxygen atoms in total. The van der Waals surface area contributed by atoms with Gasteiger partial charge in [0.15, 0.2) is 11.0 Å². The van der Waals surface area contributed by atoms with Gasteiger partial charge < -0.3 is 10.2 Å². The van der Waals surface area contributed by atoms with Crippen molar-refractivity contribution in [3.05, 3.63) is 63.8 Å². The number of benzene rings is 2. The molecule has 0 saturated carbocycles. The van der Waals surface area contributed by atoms with E-state index >= 15 is 0 Å². The lowest BCUT2D eigenvalue weighted by molar-refractivity contribution is -0.142. The van der Waals surface area contributed by atoms with Gasteiger partial charge in [-0.25, -0.2) is 4.98 Å². The molecule has 0 bridgehead atoms. The molecule has 1 aromatic heterocycles. The van der Waals surface area contributed by atoms with Crippen molar-refractivity contribution < 1.29 is 19.8 Å². The Morgan fingerprint density at radius 2 is 1.72 bits per heavy atom. The van der Waals surface area contributed by atoms with Crippen LogP contribution in [0.3, 0.4) is 0 Å². The smallest absolute Gasteiger partial charge is 0.317 e. The molecular formula is C19H14BrN3O4S2. The normalized spacial score (nSPS) is 11.8. The molecular weight excluding hydrogens is 478 g/mol. The standard InChI is InChI=1S/C19H14BrN3O4S2/c20-12-6-8-13(9-7-12)23-18(28)21-16(11-4-2-1-3-5-11)22-19(23)29-14(17(26)27)10-15(24)25/h1-9,14H,10H2,(H,24,25)(H,26,27). The van der Waals surface area contributed by atoms with Crippen LogP contribution in [-0.4, -0.2) is 41.9 Å². The molecule has 1 unspecified atom stereocenters. The van der Waals surface area contributed by atoms with Crippen molar-refractivity contribution in [1.29, 1.82) is 0 Å². The van der Waals surface area contributed by atoms with Crippen molar-refractivity contribution in [2.75, 3.05) is 0 Å². The summed E-state index contributed by atoms with van der Waals surface area (Å²) in [5.74, 6) is -2.12. The van der Waals surface area contributed by atoms with Gasteiger partial charge in [0.05, 0.1) is 12.1 Å². The van der Waals surface area contributed by atoms with E-state index in [1.54, 1.807) is 12.1 Å². The number of thioether (sulfide) groups is 1. The van der Waals surface area contributed by atoms with E-state index in [2.05, 4.69) is 25.9 Å². The average Bonchev–Trinajstić information content (AvgIpc) is 2.68. The summed E-state index contributed by atoms with van der Waals surface area (Å²) in [7, 11) is 0. The van der Waals surface area contributed by atoms with Gasteiger partial charge in [-0.2, -0.15) is 4.98 Å². The maximum absolute atomic E-state index is 11.6. The van der Waals surface area contributed by atoms with Gasteiger partial charge in [-0.15, -0.1) is 0 Å². The number of aromatic nitrogens is 3. The van der Waals surface area contributed by atoms with E-state index in [0.29, 0.717) is 17.1 Å². The van der Waals surface area contributed by atoms with E-state index < -0.39 is 23.6 Å². The molecule has 0 aliphatic heterocycles. The van der Waals surface area contributed by atoms with Crippen molar-refractivity contribution >= 4 is 51.8 Å². The second kappa shape index (κ2) is 9.29. The van der Waals surface area contributed by atoms with Crippen LogP contribution < -0.4 is 0 Å². The van der Waals surface area contributed by atoms with Crippen molar-refractivity contribution in [3.63, 3.8) is 0 Å². The molecule has 0 aliphatic rings. The zero-order valence-corrected chi connectivity index (χ0v) is 17.9. The molecule has 0 saturated heterocycles. The number of carboxylic acid groups (broad SMARTS) is 2. The summed E-state index contributed by atoms with van der Waals surface area (Å²) in [6.45, 7) is 0. The highest BCUT2D eigenvalue weighted by Crippen LogP contribution is 2.29. The van der Waals surface area contributed by atoms with Crippen LogP contribution in [0.5, 0.6) is 0 Å². The van der Waals surface area contributed by atoms with Crippen LogP contribution in [0.1, 0.15) is 6.42 Å². The monoisotopic (exact) mass is 491 g/mol. The molecule has 1 atom stereocenters. The van der Waals surface area contributed by atoms with Crippen LogP contribution in [0.25, 0.3) is 17.1 Å². The minimum absolute atomic E-state index is 0.183. The summed E-state index contributed by atoms with van der Waals surface area (Å²) >= 11 is 9.67. The molecule has 3 aromatic rings. The Kier molecular flexibility index (Phi) is 6.78. The summed E-state index contributed by atoms with van der Waals surface area (Å²) in [6, 6.07) is 16.3. The largest absolute Gasteiger partial charge is 0.481 e. The lowest BCUT2D eigenvalue weighted by Crippen LogP contribution is -2.22. The Morgan fingerprint density at radius 1 is 1.07 bits per heavy atom. The SMILES string of the molecule is O=C(O)CC(Sc1nc(-c2ccccc2)nc(=S)n1-c1ccc(Br)cc1)C(=O)O. The zero-order chi connectivity index (χ0) is 21.0. The summed E-state index contributed by atoms with van der Waals surface area (Å²) in [4.78, 5) is 31.6. The quantitative estimate of drug-likeness (QED) is 0.368. The third-order valence-electron chi connectivity index (χ3n) is 3.79. The van der Waals surface area contributed by atoms with Crippen LogP contribution in [0.2, 0.25) is 0 Å². The summed E-state index contributed by atoms with van der Waals surface area (Å²) in [5, 5.41) is 17.6. The molecule has 10 heteroatoms. The van der Waals surface area contributed by atoms with E-state index in [1.165, 1.54) is 4.57 Å².